The Hall–Kier alpha value is -2.72. The number of ether oxygens (including phenoxy) is 1. The second-order valence-electron chi connectivity index (χ2n) is 8.35. The minimum Gasteiger partial charge on any atom is -0.463 e. The number of aromatic nitrogens is 3. The molecule has 3 aromatic rings. The van der Waals surface area contributed by atoms with E-state index >= 15 is 0 Å². The Labute approximate surface area is 187 Å². The van der Waals surface area contributed by atoms with Crippen LogP contribution in [-0.4, -0.2) is 59.9 Å². The molecule has 0 saturated carbocycles. The Morgan fingerprint density at radius 2 is 2.22 bits per heavy atom. The highest BCUT2D eigenvalue weighted by atomic mass is 32.2. The molecule has 10 heteroatoms. The van der Waals surface area contributed by atoms with Crippen molar-refractivity contribution in [3.8, 4) is 11.5 Å². The standard InChI is InChI=1S/C22H28N4O5S/c1-14(2)30-10-5-8-23-22(27)17-12-18(19-6-4-9-31-19)24-21-20(17)15(3)25-26(21)16-7-11-32(28,29)13-16/h4,6,9,12,14,16H,5,7-8,10-11,13H2,1-3H3,(H,23,27)/t16-/m1/s1. The Bertz CT molecular complexity index is 1210. The number of aryl methyl sites for hydroxylation is 1. The van der Waals surface area contributed by atoms with E-state index in [9.17, 15) is 13.2 Å². The van der Waals surface area contributed by atoms with Crippen LogP contribution in [0.4, 0.5) is 0 Å². The lowest BCUT2D eigenvalue weighted by molar-refractivity contribution is 0.0757. The van der Waals surface area contributed by atoms with Gasteiger partial charge in [-0.1, -0.05) is 0 Å². The van der Waals surface area contributed by atoms with Crippen LogP contribution in [0.25, 0.3) is 22.5 Å². The maximum Gasteiger partial charge on any atom is 0.252 e. The lowest BCUT2D eigenvalue weighted by Crippen LogP contribution is -2.26. The predicted octanol–water partition coefficient (Wildman–Crippen LogP) is 2.90. The average Bonchev–Trinajstić information content (AvgIpc) is 3.46. The van der Waals surface area contributed by atoms with Gasteiger partial charge in [0.25, 0.3) is 5.91 Å². The molecule has 32 heavy (non-hydrogen) atoms. The van der Waals surface area contributed by atoms with E-state index in [0.29, 0.717) is 59.7 Å². The quantitative estimate of drug-likeness (QED) is 0.514. The van der Waals surface area contributed by atoms with Crippen molar-refractivity contribution in [2.45, 2.75) is 45.8 Å². The van der Waals surface area contributed by atoms with E-state index < -0.39 is 9.84 Å². The molecule has 0 aliphatic carbocycles. The number of furan rings is 1. The van der Waals surface area contributed by atoms with Gasteiger partial charge in [-0.15, -0.1) is 0 Å². The van der Waals surface area contributed by atoms with Gasteiger partial charge < -0.3 is 14.5 Å². The fourth-order valence-corrected chi connectivity index (χ4v) is 5.65. The molecule has 1 aliphatic rings. The molecule has 3 aromatic heterocycles. The Kier molecular flexibility index (Phi) is 6.34. The molecule has 0 unspecified atom stereocenters. The first-order valence-corrected chi connectivity index (χ1v) is 12.6. The summed E-state index contributed by atoms with van der Waals surface area (Å²) in [5, 5.41) is 8.16. The Morgan fingerprint density at radius 3 is 2.88 bits per heavy atom. The number of amides is 1. The summed E-state index contributed by atoms with van der Waals surface area (Å²) >= 11 is 0. The lowest BCUT2D eigenvalue weighted by Gasteiger charge is -2.12. The summed E-state index contributed by atoms with van der Waals surface area (Å²) in [4.78, 5) is 17.8. The van der Waals surface area contributed by atoms with E-state index in [-0.39, 0.29) is 29.6 Å². The minimum absolute atomic E-state index is 0.0211. The number of hydrogen-bond acceptors (Lipinski definition) is 7. The van der Waals surface area contributed by atoms with Gasteiger partial charge in [-0.3, -0.25) is 4.79 Å². The van der Waals surface area contributed by atoms with Gasteiger partial charge >= 0.3 is 0 Å². The lowest BCUT2D eigenvalue weighted by atomic mass is 10.1. The van der Waals surface area contributed by atoms with E-state index in [2.05, 4.69) is 10.4 Å². The van der Waals surface area contributed by atoms with Crippen LogP contribution < -0.4 is 5.32 Å². The molecule has 4 heterocycles. The summed E-state index contributed by atoms with van der Waals surface area (Å²) in [6, 6.07) is 4.92. The fraction of sp³-hybridized carbons (Fsp3) is 0.500. The van der Waals surface area contributed by atoms with E-state index in [1.807, 2.05) is 20.8 Å². The smallest absolute Gasteiger partial charge is 0.252 e. The summed E-state index contributed by atoms with van der Waals surface area (Å²) in [5.74, 6) is 0.432. The van der Waals surface area contributed by atoms with Gasteiger partial charge in [-0.25, -0.2) is 18.1 Å². The summed E-state index contributed by atoms with van der Waals surface area (Å²) in [7, 11) is -3.10. The Morgan fingerprint density at radius 1 is 1.41 bits per heavy atom. The second kappa shape index (κ2) is 9.03. The first-order valence-electron chi connectivity index (χ1n) is 10.8. The molecular weight excluding hydrogens is 432 g/mol. The van der Waals surface area contributed by atoms with E-state index in [4.69, 9.17) is 14.1 Å². The normalized spacial score (nSPS) is 17.9. The summed E-state index contributed by atoms with van der Waals surface area (Å²) < 4.78 is 36.8. The molecule has 9 nitrogen and oxygen atoms in total. The molecule has 1 atom stereocenters. The molecule has 1 N–H and O–H groups in total. The summed E-state index contributed by atoms with van der Waals surface area (Å²) in [5.41, 5.74) is 2.07. The maximum absolute atomic E-state index is 13.1. The van der Waals surface area contributed by atoms with Crippen molar-refractivity contribution < 1.29 is 22.4 Å². The molecule has 0 spiro atoms. The van der Waals surface area contributed by atoms with Crippen LogP contribution in [0.2, 0.25) is 0 Å². The number of carbonyl (C=O) groups excluding carboxylic acids is 1. The van der Waals surface area contributed by atoms with Crippen molar-refractivity contribution >= 4 is 26.8 Å². The summed E-state index contributed by atoms with van der Waals surface area (Å²) in [6.07, 6.45) is 2.86. The van der Waals surface area contributed by atoms with Crippen LogP contribution in [-0.2, 0) is 14.6 Å². The first kappa shape index (κ1) is 22.5. The van der Waals surface area contributed by atoms with Gasteiger partial charge in [0.15, 0.2) is 21.2 Å². The number of carbonyl (C=O) groups is 1. The number of nitrogens with one attached hydrogen (secondary N) is 1. The zero-order valence-corrected chi connectivity index (χ0v) is 19.3. The number of nitrogens with zero attached hydrogens (tertiary/aromatic N) is 3. The van der Waals surface area contributed by atoms with Crippen molar-refractivity contribution in [3.05, 3.63) is 35.7 Å². The average molecular weight is 461 g/mol. The first-order chi connectivity index (χ1) is 15.2. The molecular formula is C22H28N4O5S. The van der Waals surface area contributed by atoms with Gasteiger partial charge in [-0.2, -0.15) is 5.10 Å². The number of sulfone groups is 1. The third-order valence-corrected chi connectivity index (χ3v) is 7.22. The topological polar surface area (TPSA) is 116 Å². The number of rotatable bonds is 8. The van der Waals surface area contributed by atoms with Crippen molar-refractivity contribution in [1.82, 2.24) is 20.1 Å². The highest BCUT2D eigenvalue weighted by Gasteiger charge is 2.32. The zero-order chi connectivity index (χ0) is 22.9. The molecule has 1 amide bonds. The molecule has 1 aliphatic heterocycles. The fourth-order valence-electron chi connectivity index (χ4n) is 3.95. The molecule has 0 aromatic carbocycles. The highest BCUT2D eigenvalue weighted by Crippen LogP contribution is 2.32. The molecule has 0 radical (unpaired) electrons. The van der Waals surface area contributed by atoms with Crippen molar-refractivity contribution in [2.75, 3.05) is 24.7 Å². The third-order valence-electron chi connectivity index (χ3n) is 5.47. The van der Waals surface area contributed by atoms with Crippen molar-refractivity contribution in [1.29, 1.82) is 0 Å². The largest absolute Gasteiger partial charge is 0.463 e. The van der Waals surface area contributed by atoms with E-state index in [1.54, 1.807) is 29.1 Å². The van der Waals surface area contributed by atoms with Crippen LogP contribution in [0.5, 0.6) is 0 Å². The van der Waals surface area contributed by atoms with Crippen LogP contribution in [0.3, 0.4) is 0 Å². The van der Waals surface area contributed by atoms with Gasteiger partial charge in [0.2, 0.25) is 0 Å². The van der Waals surface area contributed by atoms with Crippen LogP contribution in [0.15, 0.2) is 28.9 Å². The molecule has 4 rings (SSSR count). The summed E-state index contributed by atoms with van der Waals surface area (Å²) in [6.45, 7) is 6.79. The molecule has 0 bridgehead atoms. The van der Waals surface area contributed by atoms with Gasteiger partial charge in [0.1, 0.15) is 5.69 Å². The van der Waals surface area contributed by atoms with E-state index in [1.165, 1.54) is 0 Å². The van der Waals surface area contributed by atoms with Gasteiger partial charge in [0, 0.05) is 13.2 Å². The second-order valence-corrected chi connectivity index (χ2v) is 10.6. The third kappa shape index (κ3) is 4.71. The minimum atomic E-state index is -3.10. The monoisotopic (exact) mass is 460 g/mol. The highest BCUT2D eigenvalue weighted by molar-refractivity contribution is 7.91. The van der Waals surface area contributed by atoms with Gasteiger partial charge in [0.05, 0.1) is 46.6 Å². The van der Waals surface area contributed by atoms with Crippen LogP contribution >= 0.6 is 0 Å². The zero-order valence-electron chi connectivity index (χ0n) is 18.5. The number of pyridine rings is 1. The number of hydrogen-bond donors (Lipinski definition) is 1. The van der Waals surface area contributed by atoms with Crippen LogP contribution in [0.1, 0.15) is 48.8 Å². The van der Waals surface area contributed by atoms with Crippen molar-refractivity contribution in [2.24, 2.45) is 0 Å². The Balaban J connectivity index is 1.70. The molecule has 1 saturated heterocycles. The van der Waals surface area contributed by atoms with Crippen LogP contribution in [0, 0.1) is 6.92 Å². The molecule has 1 fully saturated rings. The maximum atomic E-state index is 13.1. The van der Waals surface area contributed by atoms with Gasteiger partial charge in [-0.05, 0) is 51.8 Å². The molecule has 172 valence electrons. The van der Waals surface area contributed by atoms with Crippen molar-refractivity contribution in [3.63, 3.8) is 0 Å². The predicted molar refractivity (Wildman–Crippen MR) is 120 cm³/mol. The van der Waals surface area contributed by atoms with E-state index in [0.717, 1.165) is 0 Å². The number of fused-ring (bicyclic) bond motifs is 1. The SMILES string of the molecule is Cc1nn([C@@H]2CCS(=O)(=O)C2)c2nc(-c3ccco3)cc(C(=O)NCCCOC(C)C)c12.